The number of nitrogens with zero attached hydrogens (tertiary/aromatic N) is 3. The second-order valence-electron chi connectivity index (χ2n) is 9.36. The lowest BCUT2D eigenvalue weighted by Crippen LogP contribution is -2.42. The predicted octanol–water partition coefficient (Wildman–Crippen LogP) is 4.16. The minimum absolute atomic E-state index is 0.0507. The first-order chi connectivity index (χ1) is 28.9. The molecule has 43 heavy (non-hydrogen) atoms. The SMILES string of the molecule is [2H]C([2H])([2H])Oc1ccc2c(c1)C=C1Cn3c-2c(C2([2H])C([2H])([2H])C([2H])([2H])C([2H])([2H])C([2H])([2H])C2([2H])[2H])c2ccc(cc23)C(=O)NS(=O)(=O)N(C)C([2H])([2H])C([2H])([2H])OC([2H])([2H])C([2H])([2H])N(C)C1=O. The van der Waals surface area contributed by atoms with E-state index >= 15 is 0 Å². The average molecular weight is 629 g/mol. The maximum atomic E-state index is 14.6. The molecule has 1 aromatic heterocycles. The molecule has 2 amide bonds. The lowest BCUT2D eigenvalue weighted by atomic mass is 9.81. The number of carbonyl (C=O) groups excluding carboxylic acids is 2. The first-order valence-corrected chi connectivity index (χ1v) is 13.9. The topological polar surface area (TPSA) is 110 Å². The van der Waals surface area contributed by atoms with Gasteiger partial charge in [0.2, 0.25) is 0 Å². The minimum atomic E-state index is -5.54. The van der Waals surface area contributed by atoms with E-state index in [1.807, 2.05) is 0 Å². The second kappa shape index (κ2) is 11.8. The average Bonchev–Trinajstić information content (AvgIpc) is 3.36. The molecule has 2 aliphatic heterocycles. The number of hydrogen-bond donors (Lipinski definition) is 1. The van der Waals surface area contributed by atoms with Crippen LogP contribution in [0, 0.1) is 0 Å². The molecular formula is C32H38N4O6S. The highest BCUT2D eigenvalue weighted by Crippen LogP contribution is 2.47. The molecule has 0 saturated heterocycles. The molecule has 10 nitrogen and oxygen atoms in total. The zero-order chi connectivity index (χ0) is 49.9. The minimum Gasteiger partial charge on any atom is -0.497 e. The van der Waals surface area contributed by atoms with Crippen molar-refractivity contribution in [1.82, 2.24) is 18.5 Å². The molecule has 11 heteroatoms. The van der Waals surface area contributed by atoms with Gasteiger partial charge in [0.1, 0.15) is 5.75 Å². The quantitative estimate of drug-likeness (QED) is 0.457. The van der Waals surface area contributed by atoms with Gasteiger partial charge in [-0.2, -0.15) is 12.7 Å². The number of likely N-dealkylation sites (N-methyl/N-ethyl adjacent to an activating group) is 2. The number of carbonyl (C=O) groups is 2. The van der Waals surface area contributed by atoms with Crippen LogP contribution in [0.5, 0.6) is 5.75 Å². The van der Waals surface area contributed by atoms with Crippen molar-refractivity contribution >= 4 is 39.0 Å². The summed E-state index contributed by atoms with van der Waals surface area (Å²) in [6.07, 6.45) is -19.3. The van der Waals surface area contributed by atoms with Gasteiger partial charge in [-0.1, -0.05) is 25.2 Å². The first-order valence-electron chi connectivity index (χ1n) is 23.4. The summed E-state index contributed by atoms with van der Waals surface area (Å²) in [6.45, 7) is -16.9. The molecule has 228 valence electrons. The van der Waals surface area contributed by atoms with Crippen LogP contribution in [0.2, 0.25) is 0 Å². The summed E-state index contributed by atoms with van der Waals surface area (Å²) in [7, 11) is -7.57. The maximum absolute atomic E-state index is 14.6. The van der Waals surface area contributed by atoms with Crippen LogP contribution in [0.3, 0.4) is 0 Å². The summed E-state index contributed by atoms with van der Waals surface area (Å²) in [6, 6.07) is 5.64. The molecule has 2 aromatic carbocycles. The van der Waals surface area contributed by atoms with Gasteiger partial charge in [0.05, 0.1) is 44.7 Å². The molecule has 0 unspecified atom stereocenters. The van der Waals surface area contributed by atoms with E-state index < -0.39 is 143 Å². The Balaban J connectivity index is 1.82. The van der Waals surface area contributed by atoms with Crippen molar-refractivity contribution in [1.29, 1.82) is 0 Å². The number of benzene rings is 2. The van der Waals surface area contributed by atoms with Gasteiger partial charge in [-0.15, -0.1) is 0 Å². The van der Waals surface area contributed by atoms with Gasteiger partial charge in [0.25, 0.3) is 11.8 Å². The monoisotopic (exact) mass is 628 g/mol. The molecule has 1 aliphatic carbocycles. The van der Waals surface area contributed by atoms with Gasteiger partial charge in [0.15, 0.2) is 0 Å². The van der Waals surface area contributed by atoms with Crippen LogP contribution in [0.1, 0.15) is 89.4 Å². The van der Waals surface area contributed by atoms with Crippen LogP contribution in [-0.4, -0.2) is 81.2 Å². The highest BCUT2D eigenvalue weighted by Gasteiger charge is 2.31. The zero-order valence-electron chi connectivity index (χ0n) is 44.4. The van der Waals surface area contributed by atoms with Gasteiger partial charge < -0.3 is 18.9 Å². The van der Waals surface area contributed by atoms with E-state index in [-0.39, 0.29) is 16.0 Å². The smallest absolute Gasteiger partial charge is 0.303 e. The van der Waals surface area contributed by atoms with Gasteiger partial charge in [-0.3, -0.25) is 9.59 Å². The van der Waals surface area contributed by atoms with Gasteiger partial charge in [-0.05, 0) is 66.2 Å². The van der Waals surface area contributed by atoms with Gasteiger partial charge >= 0.3 is 10.2 Å². The number of hydrogen-bond acceptors (Lipinski definition) is 6. The van der Waals surface area contributed by atoms with Crippen molar-refractivity contribution < 1.29 is 57.6 Å². The molecule has 0 radical (unpaired) electrons. The van der Waals surface area contributed by atoms with Crippen molar-refractivity contribution in [2.75, 3.05) is 47.2 Å². The fourth-order valence-corrected chi connectivity index (χ4v) is 5.46. The van der Waals surface area contributed by atoms with E-state index in [0.29, 0.717) is 14.1 Å². The van der Waals surface area contributed by atoms with Crippen LogP contribution < -0.4 is 9.46 Å². The molecule has 0 spiro atoms. The number of ether oxygens (including phenoxy) is 2. The Kier molecular flexibility index (Phi) is 3.60. The highest BCUT2D eigenvalue weighted by atomic mass is 32.2. The Labute approximate surface area is 283 Å². The van der Waals surface area contributed by atoms with E-state index in [1.54, 1.807) is 0 Å². The van der Waals surface area contributed by atoms with E-state index in [2.05, 4.69) is 0 Å². The first kappa shape index (κ1) is 13.1. The Morgan fingerprint density at radius 3 is 2.65 bits per heavy atom. The maximum Gasteiger partial charge on any atom is 0.303 e. The molecule has 1 fully saturated rings. The third-order valence-corrected chi connectivity index (χ3v) is 8.07. The summed E-state index contributed by atoms with van der Waals surface area (Å²) >= 11 is 0. The largest absolute Gasteiger partial charge is 0.497 e. The summed E-state index contributed by atoms with van der Waals surface area (Å²) in [5.41, 5.74) is -3.87. The number of fused-ring (bicyclic) bond motifs is 4. The molecule has 3 heterocycles. The van der Waals surface area contributed by atoms with Gasteiger partial charge in [-0.25, -0.2) is 4.72 Å². The van der Waals surface area contributed by atoms with Crippen LogP contribution in [0.15, 0.2) is 42.0 Å². The molecule has 1 saturated carbocycles. The fourth-order valence-electron chi connectivity index (χ4n) is 4.81. The Bertz CT molecular complexity index is 2650. The Morgan fingerprint density at radius 1 is 1.07 bits per heavy atom. The lowest BCUT2D eigenvalue weighted by molar-refractivity contribution is -0.126. The normalized spacial score (nSPS) is 39.6. The van der Waals surface area contributed by atoms with Crippen LogP contribution >= 0.6 is 0 Å². The summed E-state index contributed by atoms with van der Waals surface area (Å²) in [5, 5.41) is -0.508. The number of methoxy groups -OCH3 is 1. The van der Waals surface area contributed by atoms with Gasteiger partial charge in [0, 0.05) is 72.5 Å². The molecule has 3 aromatic rings. The molecular weight excluding hydrogens is 568 g/mol. The Hall–Kier alpha value is -3.67. The van der Waals surface area contributed by atoms with Crippen molar-refractivity contribution in [2.24, 2.45) is 0 Å². The molecule has 1 N–H and O–H groups in total. The summed E-state index contributed by atoms with van der Waals surface area (Å²) in [4.78, 5) is 28.5. The third-order valence-electron chi connectivity index (χ3n) is 6.81. The standard InChI is InChI=1S/C32H38N4O6S/c1-34-13-15-42-16-14-35(2)43(39,40)33-31(37)22-9-11-27-28(19-22)36-20-24(32(34)38)17-23-18-25(41-3)10-12-26(23)30(36)29(27)21-7-5-4-6-8-21/h9-12,17-19,21H,4-8,13-16,20H2,1-3H3,(H,33,37)/i3D3,4D2,5D2,6D2,7D2,8D2,13D2,14D2,15D2,16D2,21D. The Morgan fingerprint density at radius 2 is 1.86 bits per heavy atom. The molecule has 0 atom stereocenters. The second-order valence-corrected chi connectivity index (χ2v) is 11.1. The van der Waals surface area contributed by atoms with E-state index in [1.165, 1.54) is 4.72 Å². The van der Waals surface area contributed by atoms with Crippen molar-refractivity contribution in [3.05, 3.63) is 58.7 Å². The number of aromatic nitrogens is 1. The summed E-state index contributed by atoms with van der Waals surface area (Å²) in [5.74, 6) is -7.44. The lowest BCUT2D eigenvalue weighted by Gasteiger charge is -2.24. The van der Waals surface area contributed by atoms with Crippen molar-refractivity contribution in [2.45, 2.75) is 44.3 Å². The predicted molar refractivity (Wildman–Crippen MR) is 165 cm³/mol. The van der Waals surface area contributed by atoms with Crippen LogP contribution in [0.25, 0.3) is 28.2 Å². The molecule has 4 bridgehead atoms. The van der Waals surface area contributed by atoms with Crippen molar-refractivity contribution in [3.63, 3.8) is 0 Å². The molecule has 3 aliphatic rings. The highest BCUT2D eigenvalue weighted by molar-refractivity contribution is 7.87. The van der Waals surface area contributed by atoms with Crippen LogP contribution in [0.4, 0.5) is 0 Å². The number of rotatable bonds is 2. The van der Waals surface area contributed by atoms with Crippen molar-refractivity contribution in [3.8, 4) is 17.0 Å². The van der Waals surface area contributed by atoms with Crippen LogP contribution in [-0.2, 0) is 26.3 Å². The number of nitrogens with one attached hydrogen (secondary N) is 1. The third kappa shape index (κ3) is 5.57. The summed E-state index contributed by atoms with van der Waals surface area (Å²) < 4.78 is 227. The molecule has 6 rings (SSSR count). The number of amides is 2. The zero-order valence-corrected chi connectivity index (χ0v) is 23.3. The van der Waals surface area contributed by atoms with E-state index in [4.69, 9.17) is 38.3 Å². The van der Waals surface area contributed by atoms with E-state index in [9.17, 15) is 19.4 Å². The fraction of sp³-hybridized carbons (Fsp3) is 0.438. The van der Waals surface area contributed by atoms with E-state index in [0.717, 1.165) is 47.0 Å².